The molecule has 0 aliphatic heterocycles. The topological polar surface area (TPSA) is 12.4 Å². The van der Waals surface area contributed by atoms with Crippen molar-refractivity contribution in [1.29, 1.82) is 0 Å². The second-order valence-electron chi connectivity index (χ2n) is 3.87. The Morgan fingerprint density at radius 3 is 2.15 bits per heavy atom. The number of hydrogen-bond donors (Lipinski definition) is 0. The van der Waals surface area contributed by atoms with E-state index in [1.165, 1.54) is 9.75 Å². The zero-order valence-electron chi connectivity index (χ0n) is 8.79. The monoisotopic (exact) mass is 195 g/mol. The average molecular weight is 195 g/mol. The molecule has 1 rings (SSSR count). The first-order chi connectivity index (χ1) is 6.06. The van der Waals surface area contributed by atoms with E-state index in [1.807, 2.05) is 11.3 Å². The van der Waals surface area contributed by atoms with E-state index in [0.717, 1.165) is 5.69 Å². The van der Waals surface area contributed by atoms with E-state index in [2.05, 4.69) is 45.5 Å². The maximum Gasteiger partial charge on any atom is 0.0766 e. The maximum absolute atomic E-state index is 4.06. The van der Waals surface area contributed by atoms with Crippen LogP contribution in [0, 0.1) is 0 Å². The van der Waals surface area contributed by atoms with Crippen LogP contribution in [0.2, 0.25) is 0 Å². The smallest absolute Gasteiger partial charge is 0.0766 e. The number of nitrogens with zero attached hydrogens (tertiary/aromatic N) is 1. The van der Waals surface area contributed by atoms with Crippen molar-refractivity contribution in [3.63, 3.8) is 0 Å². The number of hydrogen-bond acceptors (Lipinski definition) is 2. The highest BCUT2D eigenvalue weighted by atomic mass is 32.1. The van der Waals surface area contributed by atoms with Crippen LogP contribution in [0.1, 0.15) is 49.3 Å². The highest BCUT2D eigenvalue weighted by molar-refractivity contribution is 7.12. The molecule has 0 saturated carbocycles. The molecule has 13 heavy (non-hydrogen) atoms. The van der Waals surface area contributed by atoms with Gasteiger partial charge in [0.1, 0.15) is 0 Å². The third-order valence-corrected chi connectivity index (χ3v) is 3.75. The summed E-state index contributed by atoms with van der Waals surface area (Å²) in [6.45, 7) is 12.4. The number of aliphatic imine (C=N–C) groups is 1. The molecular formula is C11H17NS. The van der Waals surface area contributed by atoms with Crippen molar-refractivity contribution in [1.82, 2.24) is 0 Å². The lowest BCUT2D eigenvalue weighted by Crippen LogP contribution is -1.80. The van der Waals surface area contributed by atoms with E-state index in [4.69, 9.17) is 0 Å². The van der Waals surface area contributed by atoms with Crippen molar-refractivity contribution < 1.29 is 0 Å². The minimum atomic E-state index is 0.554. The van der Waals surface area contributed by atoms with E-state index >= 15 is 0 Å². The van der Waals surface area contributed by atoms with Crippen molar-refractivity contribution in [3.05, 3.63) is 15.8 Å². The van der Waals surface area contributed by atoms with Gasteiger partial charge in [0.2, 0.25) is 0 Å². The molecule has 1 aromatic heterocycles. The van der Waals surface area contributed by atoms with E-state index in [9.17, 15) is 0 Å². The summed E-state index contributed by atoms with van der Waals surface area (Å²) in [4.78, 5) is 6.82. The standard InChI is InChI=1S/C11H17NS/c1-7(2)10-6-9(12-5)11(13-10)8(3)4/h6-8H,5H2,1-4H3. The Morgan fingerprint density at radius 2 is 1.85 bits per heavy atom. The molecule has 0 saturated heterocycles. The minimum absolute atomic E-state index is 0.554. The van der Waals surface area contributed by atoms with Crippen LogP contribution in [0.25, 0.3) is 0 Å². The molecule has 2 heteroatoms. The van der Waals surface area contributed by atoms with Crippen molar-refractivity contribution in [2.75, 3.05) is 0 Å². The maximum atomic E-state index is 4.06. The summed E-state index contributed by atoms with van der Waals surface area (Å²) in [7, 11) is 0. The molecule has 0 aliphatic rings. The Balaban J connectivity index is 3.11. The van der Waals surface area contributed by atoms with E-state index in [0.29, 0.717) is 11.8 Å². The lowest BCUT2D eigenvalue weighted by molar-refractivity contribution is 0.888. The van der Waals surface area contributed by atoms with Crippen LogP contribution in [0.3, 0.4) is 0 Å². The predicted octanol–water partition coefficient (Wildman–Crippen LogP) is 4.33. The molecule has 0 amide bonds. The molecule has 0 spiro atoms. The van der Waals surface area contributed by atoms with Crippen molar-refractivity contribution in [2.45, 2.75) is 39.5 Å². The Morgan fingerprint density at radius 1 is 1.23 bits per heavy atom. The van der Waals surface area contributed by atoms with Gasteiger partial charge in [-0.1, -0.05) is 27.7 Å². The van der Waals surface area contributed by atoms with Crippen molar-refractivity contribution in [3.8, 4) is 0 Å². The summed E-state index contributed by atoms with van der Waals surface area (Å²) >= 11 is 1.87. The average Bonchev–Trinajstić information content (AvgIpc) is 2.47. The first-order valence-electron chi connectivity index (χ1n) is 4.66. The molecule has 0 aliphatic carbocycles. The summed E-state index contributed by atoms with van der Waals surface area (Å²) in [6.07, 6.45) is 0. The second kappa shape index (κ2) is 4.05. The Labute approximate surface area is 84.5 Å². The van der Waals surface area contributed by atoms with E-state index in [1.54, 1.807) is 0 Å². The summed E-state index contributed by atoms with van der Waals surface area (Å²) in [5, 5.41) is 0. The molecule has 0 radical (unpaired) electrons. The Bertz CT molecular complexity index is 297. The largest absolute Gasteiger partial charge is 0.263 e. The minimum Gasteiger partial charge on any atom is -0.263 e. The summed E-state index contributed by atoms with van der Waals surface area (Å²) in [5.41, 5.74) is 1.07. The first-order valence-corrected chi connectivity index (χ1v) is 5.48. The third kappa shape index (κ3) is 2.19. The summed E-state index contributed by atoms with van der Waals surface area (Å²) in [5.74, 6) is 1.15. The van der Waals surface area contributed by atoms with Crippen molar-refractivity contribution in [2.24, 2.45) is 4.99 Å². The van der Waals surface area contributed by atoms with Gasteiger partial charge >= 0.3 is 0 Å². The zero-order chi connectivity index (χ0) is 10.0. The number of thiophene rings is 1. The fourth-order valence-electron chi connectivity index (χ4n) is 1.24. The normalized spacial score (nSPS) is 11.2. The van der Waals surface area contributed by atoms with Crippen LogP contribution in [-0.4, -0.2) is 6.72 Å². The van der Waals surface area contributed by atoms with Gasteiger partial charge in [0.05, 0.1) is 5.69 Å². The van der Waals surface area contributed by atoms with E-state index < -0.39 is 0 Å². The molecular weight excluding hydrogens is 178 g/mol. The quantitative estimate of drug-likeness (QED) is 0.637. The van der Waals surface area contributed by atoms with Crippen LogP contribution in [-0.2, 0) is 0 Å². The zero-order valence-corrected chi connectivity index (χ0v) is 9.61. The Hall–Kier alpha value is -0.630. The van der Waals surface area contributed by atoms with Gasteiger partial charge in [0, 0.05) is 9.75 Å². The first kappa shape index (κ1) is 10.5. The SMILES string of the molecule is C=Nc1cc(C(C)C)sc1C(C)C. The molecule has 72 valence electrons. The molecule has 0 atom stereocenters. The molecule has 1 aromatic rings. The molecule has 0 N–H and O–H groups in total. The van der Waals surface area contributed by atoms with Crippen LogP contribution >= 0.6 is 11.3 Å². The predicted molar refractivity (Wildman–Crippen MR) is 61.7 cm³/mol. The van der Waals surface area contributed by atoms with Crippen LogP contribution < -0.4 is 0 Å². The van der Waals surface area contributed by atoms with Gasteiger partial charge in [0.25, 0.3) is 0 Å². The van der Waals surface area contributed by atoms with Gasteiger partial charge in [-0.2, -0.15) is 0 Å². The Kier molecular flexibility index (Phi) is 3.26. The fraction of sp³-hybridized carbons (Fsp3) is 0.545. The molecule has 1 heterocycles. The van der Waals surface area contributed by atoms with Crippen LogP contribution in [0.5, 0.6) is 0 Å². The highest BCUT2D eigenvalue weighted by Gasteiger charge is 2.12. The third-order valence-electron chi connectivity index (χ3n) is 2.02. The van der Waals surface area contributed by atoms with Gasteiger partial charge in [-0.15, -0.1) is 11.3 Å². The summed E-state index contributed by atoms with van der Waals surface area (Å²) in [6, 6.07) is 2.16. The van der Waals surface area contributed by atoms with E-state index in [-0.39, 0.29) is 0 Å². The number of rotatable bonds is 3. The molecule has 0 unspecified atom stereocenters. The highest BCUT2D eigenvalue weighted by Crippen LogP contribution is 2.38. The van der Waals surface area contributed by atoms with Gasteiger partial charge in [-0.3, -0.25) is 4.99 Å². The molecule has 0 fully saturated rings. The van der Waals surface area contributed by atoms with Gasteiger partial charge in [0.15, 0.2) is 0 Å². The lowest BCUT2D eigenvalue weighted by atomic mass is 10.1. The van der Waals surface area contributed by atoms with Gasteiger partial charge in [-0.05, 0) is 24.6 Å². The molecule has 0 aromatic carbocycles. The van der Waals surface area contributed by atoms with Crippen LogP contribution in [0.15, 0.2) is 11.1 Å². The van der Waals surface area contributed by atoms with Crippen molar-refractivity contribution >= 4 is 23.7 Å². The fourth-order valence-corrected chi connectivity index (χ4v) is 2.36. The summed E-state index contributed by atoms with van der Waals surface area (Å²) < 4.78 is 0. The van der Waals surface area contributed by atoms with Crippen LogP contribution in [0.4, 0.5) is 5.69 Å². The second-order valence-corrected chi connectivity index (χ2v) is 4.98. The molecule has 0 bridgehead atoms. The molecule has 1 nitrogen and oxygen atoms in total. The van der Waals surface area contributed by atoms with Gasteiger partial charge in [-0.25, -0.2) is 0 Å². The lowest BCUT2D eigenvalue weighted by Gasteiger charge is -2.01. The van der Waals surface area contributed by atoms with Gasteiger partial charge < -0.3 is 0 Å².